The van der Waals surface area contributed by atoms with Crippen molar-refractivity contribution in [3.8, 4) is 0 Å². The largest absolute Gasteiger partial charge is 0.320 e. The van der Waals surface area contributed by atoms with Crippen LogP contribution >= 0.6 is 11.3 Å². The Hall–Kier alpha value is -1.45. The van der Waals surface area contributed by atoms with Gasteiger partial charge in [-0.15, -0.1) is 11.3 Å². The number of thiazole rings is 1. The van der Waals surface area contributed by atoms with Gasteiger partial charge in [0.25, 0.3) is 10.0 Å². The minimum absolute atomic E-state index is 0.150. The monoisotopic (exact) mass is 329 g/mol. The van der Waals surface area contributed by atoms with E-state index in [1.165, 1.54) is 23.7 Å². The molecule has 116 valence electrons. The first-order chi connectivity index (χ1) is 9.92. The van der Waals surface area contributed by atoms with Crippen LogP contribution in [0.1, 0.15) is 17.0 Å². The fourth-order valence-electron chi connectivity index (χ4n) is 1.71. The van der Waals surface area contributed by atoms with Crippen LogP contribution in [0.4, 0.5) is 5.13 Å². The van der Waals surface area contributed by atoms with Gasteiger partial charge in [0, 0.05) is 17.6 Å². The Kier molecular flexibility index (Phi) is 4.96. The highest BCUT2D eigenvalue weighted by atomic mass is 32.2. The molecule has 2 N–H and O–H groups in total. The van der Waals surface area contributed by atoms with Crippen molar-refractivity contribution >= 4 is 26.5 Å². The maximum absolute atomic E-state index is 12.3. The van der Waals surface area contributed by atoms with Gasteiger partial charge >= 0.3 is 0 Å². The van der Waals surface area contributed by atoms with Crippen LogP contribution in [0.3, 0.4) is 0 Å². The zero-order valence-corrected chi connectivity index (χ0v) is 13.9. The lowest BCUT2D eigenvalue weighted by atomic mass is 10.4. The molecule has 0 aromatic carbocycles. The van der Waals surface area contributed by atoms with Crippen molar-refractivity contribution in [1.82, 2.24) is 20.1 Å². The molecule has 2 heterocycles. The molecule has 0 atom stereocenters. The summed E-state index contributed by atoms with van der Waals surface area (Å²) in [6, 6.07) is 0. The van der Waals surface area contributed by atoms with Gasteiger partial charge in [-0.1, -0.05) is 0 Å². The zero-order chi connectivity index (χ0) is 15.5. The van der Waals surface area contributed by atoms with Gasteiger partial charge in [-0.25, -0.2) is 13.4 Å². The molecule has 2 aromatic heterocycles. The SMILES string of the molecule is CNCCCn1cc(S(=O)(=O)Nc2nc(C)c(C)s2)cn1. The summed E-state index contributed by atoms with van der Waals surface area (Å²) in [4.78, 5) is 5.33. The summed E-state index contributed by atoms with van der Waals surface area (Å²) in [5.41, 5.74) is 0.834. The molecule has 0 unspecified atom stereocenters. The number of anilines is 1. The first kappa shape index (κ1) is 15.9. The van der Waals surface area contributed by atoms with Gasteiger partial charge in [0.1, 0.15) is 4.90 Å². The van der Waals surface area contributed by atoms with Crippen molar-refractivity contribution in [2.75, 3.05) is 18.3 Å². The molecule has 7 nitrogen and oxygen atoms in total. The van der Waals surface area contributed by atoms with Gasteiger partial charge in [-0.05, 0) is 33.9 Å². The van der Waals surface area contributed by atoms with Gasteiger partial charge in [0.05, 0.1) is 11.9 Å². The van der Waals surface area contributed by atoms with Gasteiger partial charge in [-0.3, -0.25) is 9.40 Å². The number of aryl methyl sites for hydroxylation is 3. The fourth-order valence-corrected chi connectivity index (χ4v) is 3.72. The van der Waals surface area contributed by atoms with E-state index in [9.17, 15) is 8.42 Å². The van der Waals surface area contributed by atoms with E-state index in [0.29, 0.717) is 11.7 Å². The normalized spacial score (nSPS) is 11.8. The average Bonchev–Trinajstić information content (AvgIpc) is 2.98. The molecule has 0 spiro atoms. The molecule has 9 heteroatoms. The van der Waals surface area contributed by atoms with Crippen LogP contribution in [0.15, 0.2) is 17.3 Å². The molecule has 0 aliphatic heterocycles. The molecule has 0 aliphatic carbocycles. The van der Waals surface area contributed by atoms with Crippen LogP contribution in [0.2, 0.25) is 0 Å². The van der Waals surface area contributed by atoms with E-state index in [2.05, 4.69) is 20.1 Å². The molecule has 0 fully saturated rings. The molecule has 21 heavy (non-hydrogen) atoms. The van der Waals surface area contributed by atoms with Crippen molar-refractivity contribution in [2.45, 2.75) is 31.7 Å². The highest BCUT2D eigenvalue weighted by Crippen LogP contribution is 2.23. The van der Waals surface area contributed by atoms with E-state index >= 15 is 0 Å². The van der Waals surface area contributed by atoms with E-state index in [-0.39, 0.29) is 4.90 Å². The van der Waals surface area contributed by atoms with Crippen LogP contribution in [0.5, 0.6) is 0 Å². The third kappa shape index (κ3) is 4.02. The zero-order valence-electron chi connectivity index (χ0n) is 12.3. The van der Waals surface area contributed by atoms with Crippen molar-refractivity contribution in [1.29, 1.82) is 0 Å². The summed E-state index contributed by atoms with van der Waals surface area (Å²) in [6.07, 6.45) is 3.77. The first-order valence-electron chi connectivity index (χ1n) is 6.56. The van der Waals surface area contributed by atoms with E-state index in [1.54, 1.807) is 4.68 Å². The third-order valence-corrected chi connectivity index (χ3v) is 5.40. The van der Waals surface area contributed by atoms with Crippen LogP contribution < -0.4 is 10.0 Å². The number of aromatic nitrogens is 3. The summed E-state index contributed by atoms with van der Waals surface area (Å²) in [6.45, 7) is 5.29. The third-order valence-electron chi connectivity index (χ3n) is 2.98. The second-order valence-corrected chi connectivity index (χ2v) is 7.55. The predicted octanol–water partition coefficient (Wildman–Crippen LogP) is 1.37. The Balaban J connectivity index is 2.08. The number of hydrogen-bond donors (Lipinski definition) is 2. The van der Waals surface area contributed by atoms with E-state index < -0.39 is 10.0 Å². The predicted molar refractivity (Wildman–Crippen MR) is 83.2 cm³/mol. The number of sulfonamides is 1. The Morgan fingerprint density at radius 3 is 2.76 bits per heavy atom. The molecule has 2 aromatic rings. The molecule has 0 bridgehead atoms. The lowest BCUT2D eigenvalue weighted by Crippen LogP contribution is -2.13. The summed E-state index contributed by atoms with van der Waals surface area (Å²) < 4.78 is 28.6. The maximum Gasteiger partial charge on any atom is 0.266 e. The Bertz CT molecular complexity index is 686. The standard InChI is InChI=1S/C12H19N5O2S2/c1-9-10(2)20-12(15-9)16-21(18,19)11-7-14-17(8-11)6-4-5-13-3/h7-8,13H,4-6H2,1-3H3,(H,15,16). The second-order valence-electron chi connectivity index (χ2n) is 4.66. The van der Waals surface area contributed by atoms with Gasteiger partial charge in [0.15, 0.2) is 5.13 Å². The minimum Gasteiger partial charge on any atom is -0.320 e. The number of nitrogens with zero attached hydrogens (tertiary/aromatic N) is 3. The lowest BCUT2D eigenvalue weighted by Gasteiger charge is -2.02. The van der Waals surface area contributed by atoms with Crippen LogP contribution in [0.25, 0.3) is 0 Å². The number of nitrogens with one attached hydrogen (secondary N) is 2. The number of rotatable bonds is 7. The highest BCUT2D eigenvalue weighted by Gasteiger charge is 2.18. The van der Waals surface area contributed by atoms with Crippen molar-refractivity contribution in [3.05, 3.63) is 23.0 Å². The molecule has 0 amide bonds. The van der Waals surface area contributed by atoms with E-state index in [0.717, 1.165) is 23.5 Å². The summed E-state index contributed by atoms with van der Waals surface area (Å²) >= 11 is 1.32. The lowest BCUT2D eigenvalue weighted by molar-refractivity contribution is 0.561. The summed E-state index contributed by atoms with van der Waals surface area (Å²) in [5, 5.41) is 7.49. The molecule has 0 saturated heterocycles. The molecule has 0 saturated carbocycles. The Morgan fingerprint density at radius 1 is 1.38 bits per heavy atom. The first-order valence-corrected chi connectivity index (χ1v) is 8.86. The summed E-state index contributed by atoms with van der Waals surface area (Å²) in [7, 11) is -1.75. The van der Waals surface area contributed by atoms with Crippen LogP contribution in [-0.4, -0.2) is 36.8 Å². The quantitative estimate of drug-likeness (QED) is 0.749. The van der Waals surface area contributed by atoms with Crippen molar-refractivity contribution in [3.63, 3.8) is 0 Å². The molecular formula is C12H19N5O2S2. The van der Waals surface area contributed by atoms with Crippen LogP contribution in [0, 0.1) is 13.8 Å². The van der Waals surface area contributed by atoms with Gasteiger partial charge in [-0.2, -0.15) is 5.10 Å². The minimum atomic E-state index is -3.63. The summed E-state index contributed by atoms with van der Waals surface area (Å²) in [5.74, 6) is 0. The molecule has 0 aliphatic rings. The van der Waals surface area contributed by atoms with Gasteiger partial charge < -0.3 is 5.32 Å². The van der Waals surface area contributed by atoms with Crippen LogP contribution in [-0.2, 0) is 16.6 Å². The highest BCUT2D eigenvalue weighted by molar-refractivity contribution is 7.93. The average molecular weight is 329 g/mol. The number of hydrogen-bond acceptors (Lipinski definition) is 6. The van der Waals surface area contributed by atoms with Gasteiger partial charge in [0.2, 0.25) is 0 Å². The molecular weight excluding hydrogens is 310 g/mol. The second kappa shape index (κ2) is 6.54. The van der Waals surface area contributed by atoms with Crippen molar-refractivity contribution < 1.29 is 8.42 Å². The fraction of sp³-hybridized carbons (Fsp3) is 0.500. The molecule has 0 radical (unpaired) electrons. The van der Waals surface area contributed by atoms with Crippen molar-refractivity contribution in [2.24, 2.45) is 0 Å². The Labute approximate surface area is 128 Å². The smallest absolute Gasteiger partial charge is 0.266 e. The van der Waals surface area contributed by atoms with E-state index in [1.807, 2.05) is 20.9 Å². The Morgan fingerprint density at radius 2 is 2.14 bits per heavy atom. The topological polar surface area (TPSA) is 88.9 Å². The molecule has 2 rings (SSSR count). The maximum atomic E-state index is 12.3. The van der Waals surface area contributed by atoms with E-state index in [4.69, 9.17) is 0 Å².